The zero-order valence-electron chi connectivity index (χ0n) is 7.19. The Morgan fingerprint density at radius 2 is 1.90 bits per heavy atom. The molecule has 2 nitrogen and oxygen atoms in total. The van der Waals surface area contributed by atoms with Gasteiger partial charge in [-0.3, -0.25) is 5.43 Å². The van der Waals surface area contributed by atoms with Crippen molar-refractivity contribution in [2.24, 2.45) is 0 Å². The van der Waals surface area contributed by atoms with Gasteiger partial charge in [0.1, 0.15) is 0 Å². The van der Waals surface area contributed by atoms with Crippen LogP contribution in [0.3, 0.4) is 0 Å². The minimum atomic E-state index is 1.10. The molecule has 61 valence electrons. The lowest BCUT2D eigenvalue weighted by atomic mass is 10.3. The molecule has 0 aliphatic rings. The molecule has 1 radical (unpaired) electrons. The quantitative estimate of drug-likeness (QED) is 0.570. The summed E-state index contributed by atoms with van der Waals surface area (Å²) in [5.74, 6) is 0. The summed E-state index contributed by atoms with van der Waals surface area (Å²) < 4.78 is 0. The van der Waals surface area contributed by atoms with E-state index < -0.39 is 0 Å². The Morgan fingerprint density at radius 1 is 1.20 bits per heavy atom. The zero-order valence-corrected chi connectivity index (χ0v) is 7.19. The maximum Gasteiger partial charge on any atom is 0.0242 e. The first kappa shape index (κ1) is 9.92. The highest BCUT2D eigenvalue weighted by molar-refractivity contribution is 4.49. The molecule has 0 unspecified atom stereocenters. The highest BCUT2D eigenvalue weighted by Crippen LogP contribution is 1.91. The van der Waals surface area contributed by atoms with Gasteiger partial charge in [-0.15, -0.1) is 0 Å². The molecular weight excluding hydrogens is 124 g/mol. The smallest absolute Gasteiger partial charge is 0.0242 e. The zero-order chi connectivity index (χ0) is 7.82. The molecule has 0 aromatic carbocycles. The third-order valence-corrected chi connectivity index (χ3v) is 1.50. The standard InChI is InChI=1S/C8H19N2/c1-4-6-8-10(9-3)7-5-2/h9H,3-8H2,1-2H3. The van der Waals surface area contributed by atoms with E-state index in [0.717, 1.165) is 13.1 Å². The third kappa shape index (κ3) is 4.77. The third-order valence-electron chi connectivity index (χ3n) is 1.50. The van der Waals surface area contributed by atoms with Crippen LogP contribution in [0.4, 0.5) is 0 Å². The molecule has 0 fully saturated rings. The van der Waals surface area contributed by atoms with Crippen molar-refractivity contribution in [1.29, 1.82) is 0 Å². The summed E-state index contributed by atoms with van der Waals surface area (Å²) in [5.41, 5.74) is 2.92. The summed E-state index contributed by atoms with van der Waals surface area (Å²) in [4.78, 5) is 0. The van der Waals surface area contributed by atoms with Gasteiger partial charge < -0.3 is 0 Å². The van der Waals surface area contributed by atoms with Gasteiger partial charge in [0.15, 0.2) is 0 Å². The van der Waals surface area contributed by atoms with Crippen LogP contribution < -0.4 is 5.43 Å². The Labute approximate surface area is 64.6 Å². The normalized spacial score (nSPS) is 10.8. The van der Waals surface area contributed by atoms with Crippen LogP contribution in [0.25, 0.3) is 0 Å². The van der Waals surface area contributed by atoms with Crippen molar-refractivity contribution < 1.29 is 0 Å². The van der Waals surface area contributed by atoms with E-state index in [0.29, 0.717) is 0 Å². The highest BCUT2D eigenvalue weighted by Gasteiger charge is 1.96. The van der Waals surface area contributed by atoms with E-state index in [-0.39, 0.29) is 0 Å². The van der Waals surface area contributed by atoms with Gasteiger partial charge >= 0.3 is 0 Å². The van der Waals surface area contributed by atoms with Gasteiger partial charge in [0, 0.05) is 20.1 Å². The summed E-state index contributed by atoms with van der Waals surface area (Å²) in [7, 11) is 3.63. The number of nitrogens with one attached hydrogen (secondary N) is 1. The van der Waals surface area contributed by atoms with E-state index in [1.165, 1.54) is 19.3 Å². The molecular formula is C8H19N2. The Hall–Kier alpha value is -0.0800. The average molecular weight is 143 g/mol. The molecule has 0 atom stereocenters. The molecule has 10 heavy (non-hydrogen) atoms. The maximum absolute atomic E-state index is 3.63. The second kappa shape index (κ2) is 7.03. The van der Waals surface area contributed by atoms with E-state index in [1.54, 1.807) is 0 Å². The van der Waals surface area contributed by atoms with Crippen LogP contribution in [0.15, 0.2) is 0 Å². The van der Waals surface area contributed by atoms with Crippen molar-refractivity contribution in [2.45, 2.75) is 33.1 Å². The number of rotatable bonds is 6. The molecule has 0 aromatic rings. The lowest BCUT2D eigenvalue weighted by Gasteiger charge is -2.19. The molecule has 0 heterocycles. The molecule has 0 bridgehead atoms. The SMILES string of the molecule is [CH2]NN(CCC)CCCC. The predicted octanol–water partition coefficient (Wildman–Crippen LogP) is 1.79. The Kier molecular flexibility index (Phi) is 6.98. The second-order valence-electron chi connectivity index (χ2n) is 2.50. The number of hydrogen-bond acceptors (Lipinski definition) is 2. The van der Waals surface area contributed by atoms with Crippen LogP contribution in [0.1, 0.15) is 33.1 Å². The summed E-state index contributed by atoms with van der Waals surface area (Å²) in [5, 5.41) is 2.16. The number of hydrazine groups is 1. The number of hydrogen-bond donors (Lipinski definition) is 1. The van der Waals surface area contributed by atoms with E-state index >= 15 is 0 Å². The van der Waals surface area contributed by atoms with Gasteiger partial charge in [0.25, 0.3) is 0 Å². The molecule has 1 N–H and O–H groups in total. The molecule has 0 spiro atoms. The van der Waals surface area contributed by atoms with Gasteiger partial charge in [-0.2, -0.15) is 0 Å². The van der Waals surface area contributed by atoms with Crippen molar-refractivity contribution in [1.82, 2.24) is 10.4 Å². The van der Waals surface area contributed by atoms with Crippen molar-refractivity contribution in [2.75, 3.05) is 13.1 Å². The van der Waals surface area contributed by atoms with E-state index in [1.807, 2.05) is 0 Å². The van der Waals surface area contributed by atoms with Gasteiger partial charge in [0.05, 0.1) is 0 Å². The monoisotopic (exact) mass is 143 g/mol. The number of nitrogens with zero attached hydrogens (tertiary/aromatic N) is 1. The fraction of sp³-hybridized carbons (Fsp3) is 0.875. The lowest BCUT2D eigenvalue weighted by Crippen LogP contribution is -2.34. The first-order chi connectivity index (χ1) is 4.85. The Morgan fingerprint density at radius 3 is 2.30 bits per heavy atom. The lowest BCUT2D eigenvalue weighted by molar-refractivity contribution is 0.216. The van der Waals surface area contributed by atoms with Crippen LogP contribution in [0, 0.1) is 7.05 Å². The van der Waals surface area contributed by atoms with Crippen molar-refractivity contribution >= 4 is 0 Å². The van der Waals surface area contributed by atoms with Crippen LogP contribution in [0.2, 0.25) is 0 Å². The first-order valence-corrected chi connectivity index (χ1v) is 4.12. The molecule has 0 amide bonds. The molecule has 0 rings (SSSR count). The summed E-state index contributed by atoms with van der Waals surface area (Å²) in [6, 6.07) is 0. The van der Waals surface area contributed by atoms with Crippen molar-refractivity contribution in [3.63, 3.8) is 0 Å². The molecule has 2 heteroatoms. The van der Waals surface area contributed by atoms with Gasteiger partial charge in [0.2, 0.25) is 0 Å². The maximum atomic E-state index is 3.63. The second-order valence-corrected chi connectivity index (χ2v) is 2.50. The van der Waals surface area contributed by atoms with Crippen LogP contribution in [0.5, 0.6) is 0 Å². The summed E-state index contributed by atoms with van der Waals surface area (Å²) in [6.45, 7) is 6.60. The average Bonchev–Trinajstić information content (AvgIpc) is 1.98. The summed E-state index contributed by atoms with van der Waals surface area (Å²) in [6.07, 6.45) is 3.69. The minimum absolute atomic E-state index is 1.10. The molecule has 0 aromatic heterocycles. The van der Waals surface area contributed by atoms with Crippen LogP contribution in [-0.2, 0) is 0 Å². The highest BCUT2D eigenvalue weighted by atomic mass is 15.5. The van der Waals surface area contributed by atoms with Gasteiger partial charge in [-0.25, -0.2) is 5.01 Å². The predicted molar refractivity (Wildman–Crippen MR) is 45.3 cm³/mol. The van der Waals surface area contributed by atoms with Gasteiger partial charge in [-0.05, 0) is 12.8 Å². The molecule has 0 saturated heterocycles. The fourth-order valence-electron chi connectivity index (χ4n) is 0.889. The summed E-state index contributed by atoms with van der Waals surface area (Å²) >= 11 is 0. The van der Waals surface area contributed by atoms with Gasteiger partial charge in [-0.1, -0.05) is 20.3 Å². The topological polar surface area (TPSA) is 15.3 Å². The van der Waals surface area contributed by atoms with Crippen LogP contribution >= 0.6 is 0 Å². The first-order valence-electron chi connectivity index (χ1n) is 4.12. The molecule has 0 saturated carbocycles. The fourth-order valence-corrected chi connectivity index (χ4v) is 0.889. The van der Waals surface area contributed by atoms with E-state index in [4.69, 9.17) is 0 Å². The van der Waals surface area contributed by atoms with Crippen LogP contribution in [-0.4, -0.2) is 18.1 Å². The largest absolute Gasteiger partial charge is 0.254 e. The van der Waals surface area contributed by atoms with E-state index in [2.05, 4.69) is 31.3 Å². The van der Waals surface area contributed by atoms with Crippen molar-refractivity contribution in [3.8, 4) is 0 Å². The van der Waals surface area contributed by atoms with E-state index in [9.17, 15) is 0 Å². The minimum Gasteiger partial charge on any atom is -0.254 e. The Balaban J connectivity index is 3.21. The molecule has 0 aliphatic heterocycles. The number of unbranched alkanes of at least 4 members (excludes halogenated alkanes) is 1. The molecule has 0 aliphatic carbocycles. The van der Waals surface area contributed by atoms with Crippen molar-refractivity contribution in [3.05, 3.63) is 7.05 Å². The Bertz CT molecular complexity index is 64.3.